The highest BCUT2D eigenvalue weighted by Crippen LogP contribution is 2.43. The van der Waals surface area contributed by atoms with E-state index in [4.69, 9.17) is 31.2 Å². The number of aliphatic hydroxyl groups is 1. The summed E-state index contributed by atoms with van der Waals surface area (Å²) < 4.78 is 12.2. The van der Waals surface area contributed by atoms with Crippen molar-refractivity contribution in [3.63, 3.8) is 0 Å². The molecule has 2 N–H and O–H groups in total. The van der Waals surface area contributed by atoms with Crippen LogP contribution in [0.15, 0.2) is 121 Å². The summed E-state index contributed by atoms with van der Waals surface area (Å²) in [5.74, 6) is 0.760. The van der Waals surface area contributed by atoms with Crippen LogP contribution in [0.2, 0.25) is 5.02 Å². The van der Waals surface area contributed by atoms with Crippen molar-refractivity contribution in [1.82, 2.24) is 5.32 Å². The number of nitrogens with one attached hydrogen (secondary N) is 1. The second-order valence-corrected chi connectivity index (χ2v) is 10.5. The molecule has 1 amide bonds. The maximum absolute atomic E-state index is 14.1. The molecule has 0 radical (unpaired) electrons. The number of halogens is 1. The van der Waals surface area contributed by atoms with Crippen LogP contribution in [0, 0.1) is 0 Å². The van der Waals surface area contributed by atoms with Crippen LogP contribution in [-0.2, 0) is 16.1 Å². The minimum Gasteiger partial charge on any atom is -0.494 e. The lowest BCUT2D eigenvalue weighted by Gasteiger charge is -2.30. The molecule has 42 heavy (non-hydrogen) atoms. The van der Waals surface area contributed by atoms with E-state index in [0.29, 0.717) is 29.7 Å². The molecule has 6 nitrogen and oxygen atoms in total. The van der Waals surface area contributed by atoms with Gasteiger partial charge >= 0.3 is 0 Å². The highest BCUT2D eigenvalue weighted by atomic mass is 35.5. The summed E-state index contributed by atoms with van der Waals surface area (Å²) in [7, 11) is 0. The third kappa shape index (κ3) is 6.40. The molecule has 4 aromatic carbocycles. The second kappa shape index (κ2) is 13.5. The maximum Gasteiger partial charge on any atom is 0.252 e. The molecule has 1 heterocycles. The standard InChI is InChI=1S/C35H33ClN2O4/c1-2-21-35(34(40)37-24-29-11-6-7-12-31(29)36)32(27-15-13-26(14-16-27)25-9-4-3-5-10-25)42-33(38-35)28-17-19-30(20-18-28)41-23-8-22-39/h2-7,9-20,32,39H,1,8,21-24H2,(H,37,40)/t32-,35-/m1/s1. The Labute approximate surface area is 251 Å². The zero-order chi connectivity index (χ0) is 29.4. The Bertz CT molecular complexity index is 1540. The fourth-order valence-electron chi connectivity index (χ4n) is 4.99. The molecule has 4 aromatic rings. The molecule has 214 valence electrons. The first-order chi connectivity index (χ1) is 20.5. The second-order valence-electron chi connectivity index (χ2n) is 10.0. The van der Waals surface area contributed by atoms with Crippen LogP contribution in [-0.4, -0.2) is 35.7 Å². The molecule has 1 aliphatic rings. The number of hydrogen-bond donors (Lipinski definition) is 2. The molecular formula is C35H33ClN2O4. The summed E-state index contributed by atoms with van der Waals surface area (Å²) >= 11 is 6.37. The van der Waals surface area contributed by atoms with Gasteiger partial charge in [-0.2, -0.15) is 0 Å². The van der Waals surface area contributed by atoms with Gasteiger partial charge < -0.3 is 19.9 Å². The predicted molar refractivity (Wildman–Crippen MR) is 167 cm³/mol. The highest BCUT2D eigenvalue weighted by Gasteiger charge is 2.52. The lowest BCUT2D eigenvalue weighted by atomic mass is 9.84. The lowest BCUT2D eigenvalue weighted by Crippen LogP contribution is -2.47. The molecule has 0 fully saturated rings. The zero-order valence-electron chi connectivity index (χ0n) is 23.2. The third-order valence-electron chi connectivity index (χ3n) is 7.20. The minimum atomic E-state index is -1.29. The molecule has 0 unspecified atom stereocenters. The summed E-state index contributed by atoms with van der Waals surface area (Å²) in [6.45, 7) is 4.69. The molecule has 2 atom stereocenters. The van der Waals surface area contributed by atoms with Gasteiger partial charge in [-0.1, -0.05) is 90.5 Å². The van der Waals surface area contributed by atoms with E-state index in [2.05, 4.69) is 24.0 Å². The first-order valence-corrected chi connectivity index (χ1v) is 14.3. The van der Waals surface area contributed by atoms with E-state index in [1.807, 2.05) is 84.9 Å². The molecule has 1 aliphatic heterocycles. The lowest BCUT2D eigenvalue weighted by molar-refractivity contribution is -0.129. The van der Waals surface area contributed by atoms with Crippen molar-refractivity contribution in [1.29, 1.82) is 0 Å². The first-order valence-electron chi connectivity index (χ1n) is 13.9. The van der Waals surface area contributed by atoms with Gasteiger partial charge in [0, 0.05) is 36.6 Å². The summed E-state index contributed by atoms with van der Waals surface area (Å²) in [5.41, 5.74) is 3.23. The monoisotopic (exact) mass is 580 g/mol. The number of benzene rings is 4. The van der Waals surface area contributed by atoms with Crippen molar-refractivity contribution in [2.45, 2.75) is 31.0 Å². The number of rotatable bonds is 12. The largest absolute Gasteiger partial charge is 0.494 e. The number of amides is 1. The Balaban J connectivity index is 1.48. The normalized spacial score (nSPS) is 17.7. The van der Waals surface area contributed by atoms with Gasteiger partial charge in [-0.05, 0) is 52.6 Å². The average molecular weight is 581 g/mol. The summed E-state index contributed by atoms with van der Waals surface area (Å²) in [4.78, 5) is 19.0. The van der Waals surface area contributed by atoms with Crippen molar-refractivity contribution in [3.8, 4) is 16.9 Å². The average Bonchev–Trinajstić information content (AvgIpc) is 3.42. The Morgan fingerprint density at radius 2 is 1.62 bits per heavy atom. The van der Waals surface area contributed by atoms with Crippen molar-refractivity contribution < 1.29 is 19.4 Å². The first kappa shape index (κ1) is 29.1. The number of ether oxygens (including phenoxy) is 2. The Hall–Kier alpha value is -4.39. The topological polar surface area (TPSA) is 80.2 Å². The van der Waals surface area contributed by atoms with E-state index < -0.39 is 11.6 Å². The summed E-state index contributed by atoms with van der Waals surface area (Å²) in [5, 5.41) is 12.7. The van der Waals surface area contributed by atoms with E-state index in [1.165, 1.54) is 0 Å². The number of hydrogen-bond acceptors (Lipinski definition) is 5. The molecule has 0 saturated heterocycles. The molecule has 0 aromatic heterocycles. The fraction of sp³-hybridized carbons (Fsp3) is 0.200. The van der Waals surface area contributed by atoms with Crippen molar-refractivity contribution in [2.75, 3.05) is 13.2 Å². The molecule has 0 bridgehead atoms. The van der Waals surface area contributed by atoms with Gasteiger partial charge in [-0.25, -0.2) is 4.99 Å². The van der Waals surface area contributed by atoms with Crippen LogP contribution in [0.4, 0.5) is 0 Å². The summed E-state index contributed by atoms with van der Waals surface area (Å²) in [6, 6.07) is 32.9. The van der Waals surface area contributed by atoms with Crippen molar-refractivity contribution >= 4 is 23.4 Å². The zero-order valence-corrected chi connectivity index (χ0v) is 24.0. The van der Waals surface area contributed by atoms with Crippen LogP contribution >= 0.6 is 11.6 Å². The molecule has 0 spiro atoms. The maximum atomic E-state index is 14.1. The van der Waals surface area contributed by atoms with Crippen LogP contribution in [0.3, 0.4) is 0 Å². The van der Waals surface area contributed by atoms with Crippen molar-refractivity contribution in [3.05, 3.63) is 137 Å². The fourth-order valence-corrected chi connectivity index (χ4v) is 5.19. The van der Waals surface area contributed by atoms with Gasteiger partial charge in [-0.3, -0.25) is 4.79 Å². The number of nitrogens with zero attached hydrogens (tertiary/aromatic N) is 1. The molecule has 0 saturated carbocycles. The number of carbonyl (C=O) groups is 1. The Morgan fingerprint density at radius 3 is 2.31 bits per heavy atom. The van der Waals surface area contributed by atoms with Gasteiger partial charge in [-0.15, -0.1) is 6.58 Å². The highest BCUT2D eigenvalue weighted by molar-refractivity contribution is 6.31. The molecule has 0 aliphatic carbocycles. The Kier molecular flexibility index (Phi) is 9.37. The summed E-state index contributed by atoms with van der Waals surface area (Å²) in [6.07, 6.45) is 1.82. The van der Waals surface area contributed by atoms with E-state index in [-0.39, 0.29) is 25.5 Å². The van der Waals surface area contributed by atoms with Gasteiger partial charge in [0.1, 0.15) is 5.75 Å². The van der Waals surface area contributed by atoms with Gasteiger partial charge in [0.2, 0.25) is 5.90 Å². The van der Waals surface area contributed by atoms with Crippen molar-refractivity contribution in [2.24, 2.45) is 4.99 Å². The van der Waals surface area contributed by atoms with E-state index in [1.54, 1.807) is 12.1 Å². The van der Waals surface area contributed by atoms with E-state index in [0.717, 1.165) is 27.8 Å². The van der Waals surface area contributed by atoms with E-state index in [9.17, 15) is 4.79 Å². The third-order valence-corrected chi connectivity index (χ3v) is 7.57. The van der Waals surface area contributed by atoms with Gasteiger partial charge in [0.05, 0.1) is 6.61 Å². The number of aliphatic hydroxyl groups excluding tert-OH is 1. The number of aliphatic imine (C=N–C) groups is 1. The van der Waals surface area contributed by atoms with Crippen LogP contribution in [0.25, 0.3) is 11.1 Å². The van der Waals surface area contributed by atoms with Crippen LogP contribution < -0.4 is 10.1 Å². The molecule has 5 rings (SSSR count). The van der Waals surface area contributed by atoms with Gasteiger partial charge in [0.25, 0.3) is 5.91 Å². The number of carbonyl (C=O) groups excluding carboxylic acids is 1. The van der Waals surface area contributed by atoms with E-state index >= 15 is 0 Å². The minimum absolute atomic E-state index is 0.0698. The quantitative estimate of drug-likeness (QED) is 0.141. The Morgan fingerprint density at radius 1 is 0.952 bits per heavy atom. The van der Waals surface area contributed by atoms with Crippen LogP contribution in [0.1, 0.15) is 35.6 Å². The SMILES string of the molecule is C=CC[C@@]1(C(=O)NCc2ccccc2Cl)N=C(c2ccc(OCCCO)cc2)O[C@@H]1c1ccc(-c2ccccc2)cc1. The molecular weight excluding hydrogens is 548 g/mol. The van der Waals surface area contributed by atoms with Gasteiger partial charge in [0.15, 0.2) is 11.6 Å². The molecule has 7 heteroatoms. The van der Waals surface area contributed by atoms with Crippen LogP contribution in [0.5, 0.6) is 5.75 Å². The predicted octanol–water partition coefficient (Wildman–Crippen LogP) is 6.92. The smallest absolute Gasteiger partial charge is 0.252 e.